The number of rotatable bonds is 1. The SMILES string of the molecule is C=Cc1cccc(C#Cc2ccnc3[nH]ccc23)c1. The molecule has 0 fully saturated rings. The monoisotopic (exact) mass is 244 g/mol. The summed E-state index contributed by atoms with van der Waals surface area (Å²) in [5, 5.41) is 1.05. The van der Waals surface area contributed by atoms with E-state index in [2.05, 4.69) is 28.4 Å². The van der Waals surface area contributed by atoms with Gasteiger partial charge in [0.2, 0.25) is 0 Å². The molecule has 2 nitrogen and oxygen atoms in total. The molecular weight excluding hydrogens is 232 g/mol. The van der Waals surface area contributed by atoms with E-state index in [-0.39, 0.29) is 0 Å². The van der Waals surface area contributed by atoms with Crippen LogP contribution in [0.3, 0.4) is 0 Å². The second-order valence-electron chi connectivity index (χ2n) is 4.18. The van der Waals surface area contributed by atoms with E-state index in [1.807, 2.05) is 48.7 Å². The van der Waals surface area contributed by atoms with Gasteiger partial charge in [0.1, 0.15) is 5.65 Å². The number of nitrogens with one attached hydrogen (secondary N) is 1. The first kappa shape index (κ1) is 11.3. The summed E-state index contributed by atoms with van der Waals surface area (Å²) in [4.78, 5) is 7.33. The summed E-state index contributed by atoms with van der Waals surface area (Å²) in [6.45, 7) is 3.76. The van der Waals surface area contributed by atoms with Gasteiger partial charge in [-0.1, -0.05) is 36.6 Å². The number of fused-ring (bicyclic) bond motifs is 1. The Kier molecular flexibility index (Phi) is 2.88. The Morgan fingerprint density at radius 1 is 1.16 bits per heavy atom. The van der Waals surface area contributed by atoms with Gasteiger partial charge in [-0.15, -0.1) is 0 Å². The van der Waals surface area contributed by atoms with Crippen molar-refractivity contribution >= 4 is 17.1 Å². The van der Waals surface area contributed by atoms with E-state index in [0.29, 0.717) is 0 Å². The van der Waals surface area contributed by atoms with Crippen molar-refractivity contribution in [2.45, 2.75) is 0 Å². The van der Waals surface area contributed by atoms with Crippen molar-refractivity contribution in [3.05, 3.63) is 72.1 Å². The molecule has 0 aliphatic rings. The number of H-pyrrole nitrogens is 1. The average Bonchev–Trinajstić information content (AvgIpc) is 2.94. The lowest BCUT2D eigenvalue weighted by Crippen LogP contribution is -1.81. The summed E-state index contributed by atoms with van der Waals surface area (Å²) in [6, 6.07) is 11.9. The highest BCUT2D eigenvalue weighted by Crippen LogP contribution is 2.14. The number of pyridine rings is 1. The number of hydrogen-bond donors (Lipinski definition) is 1. The molecular formula is C17H12N2. The second kappa shape index (κ2) is 4.83. The highest BCUT2D eigenvalue weighted by Gasteiger charge is 1.99. The number of benzene rings is 1. The maximum atomic E-state index is 4.25. The maximum Gasteiger partial charge on any atom is 0.138 e. The summed E-state index contributed by atoms with van der Waals surface area (Å²) >= 11 is 0. The molecule has 0 radical (unpaired) electrons. The standard InChI is InChI=1S/C17H12N2/c1-2-13-4-3-5-14(12-13)6-7-15-8-10-18-17-16(15)9-11-19-17/h2-5,8-12H,1H2,(H,18,19). The Labute approximate surface area is 111 Å². The molecule has 0 spiro atoms. The molecule has 0 amide bonds. The molecule has 0 bridgehead atoms. The van der Waals surface area contributed by atoms with Crippen molar-refractivity contribution in [3.63, 3.8) is 0 Å². The zero-order valence-electron chi connectivity index (χ0n) is 10.4. The summed E-state index contributed by atoms with van der Waals surface area (Å²) < 4.78 is 0. The third kappa shape index (κ3) is 2.27. The molecule has 1 N–H and O–H groups in total. The van der Waals surface area contributed by atoms with Gasteiger partial charge >= 0.3 is 0 Å². The summed E-state index contributed by atoms with van der Waals surface area (Å²) in [7, 11) is 0. The fraction of sp³-hybridized carbons (Fsp3) is 0. The molecule has 0 unspecified atom stereocenters. The molecule has 19 heavy (non-hydrogen) atoms. The smallest absolute Gasteiger partial charge is 0.138 e. The minimum atomic E-state index is 0.867. The van der Waals surface area contributed by atoms with Crippen molar-refractivity contribution in [2.75, 3.05) is 0 Å². The van der Waals surface area contributed by atoms with Gasteiger partial charge in [-0.3, -0.25) is 0 Å². The van der Waals surface area contributed by atoms with Crippen molar-refractivity contribution in [2.24, 2.45) is 0 Å². The Bertz CT molecular complexity index is 800. The molecule has 90 valence electrons. The average molecular weight is 244 g/mol. The highest BCUT2D eigenvalue weighted by atomic mass is 14.8. The molecule has 0 aliphatic heterocycles. The summed E-state index contributed by atoms with van der Waals surface area (Å²) in [5.74, 6) is 6.38. The topological polar surface area (TPSA) is 28.7 Å². The van der Waals surface area contributed by atoms with Crippen LogP contribution in [0, 0.1) is 11.8 Å². The van der Waals surface area contributed by atoms with Crippen LogP contribution in [-0.4, -0.2) is 9.97 Å². The lowest BCUT2D eigenvalue weighted by molar-refractivity contribution is 1.32. The van der Waals surface area contributed by atoms with Crippen molar-refractivity contribution in [1.82, 2.24) is 9.97 Å². The van der Waals surface area contributed by atoms with E-state index in [9.17, 15) is 0 Å². The molecule has 0 atom stereocenters. The lowest BCUT2D eigenvalue weighted by Gasteiger charge is -1.95. The van der Waals surface area contributed by atoms with Crippen LogP contribution in [0.1, 0.15) is 16.7 Å². The molecule has 2 aromatic heterocycles. The fourth-order valence-electron chi connectivity index (χ4n) is 1.95. The number of nitrogens with zero attached hydrogens (tertiary/aromatic N) is 1. The zero-order valence-corrected chi connectivity index (χ0v) is 10.4. The van der Waals surface area contributed by atoms with Gasteiger partial charge < -0.3 is 4.98 Å². The highest BCUT2D eigenvalue weighted by molar-refractivity contribution is 5.82. The minimum absolute atomic E-state index is 0.867. The first-order valence-electron chi connectivity index (χ1n) is 6.03. The van der Waals surface area contributed by atoms with Crippen LogP contribution < -0.4 is 0 Å². The molecule has 0 saturated heterocycles. The first-order valence-corrected chi connectivity index (χ1v) is 6.03. The van der Waals surface area contributed by atoms with Crippen LogP contribution in [0.2, 0.25) is 0 Å². The van der Waals surface area contributed by atoms with Crippen molar-refractivity contribution < 1.29 is 0 Å². The van der Waals surface area contributed by atoms with E-state index in [1.165, 1.54) is 0 Å². The summed E-state index contributed by atoms with van der Waals surface area (Å²) in [6.07, 6.45) is 5.46. The van der Waals surface area contributed by atoms with Gasteiger partial charge in [0.15, 0.2) is 0 Å². The van der Waals surface area contributed by atoms with E-state index < -0.39 is 0 Å². The van der Waals surface area contributed by atoms with Crippen LogP contribution in [0.25, 0.3) is 17.1 Å². The fourth-order valence-corrected chi connectivity index (χ4v) is 1.95. The van der Waals surface area contributed by atoms with Crippen molar-refractivity contribution in [3.8, 4) is 11.8 Å². The van der Waals surface area contributed by atoms with Gasteiger partial charge in [0.05, 0.1) is 0 Å². The van der Waals surface area contributed by atoms with Crippen LogP contribution in [0.15, 0.2) is 55.4 Å². The molecule has 2 heterocycles. The molecule has 3 aromatic rings. The predicted octanol–water partition coefficient (Wildman–Crippen LogP) is 3.61. The quantitative estimate of drug-likeness (QED) is 0.651. The summed E-state index contributed by atoms with van der Waals surface area (Å²) in [5.41, 5.74) is 3.91. The second-order valence-corrected chi connectivity index (χ2v) is 4.18. The van der Waals surface area contributed by atoms with E-state index in [0.717, 1.165) is 27.7 Å². The Hall–Kier alpha value is -2.79. The Morgan fingerprint density at radius 3 is 3.00 bits per heavy atom. The van der Waals surface area contributed by atoms with Gasteiger partial charge in [-0.25, -0.2) is 4.98 Å². The number of hydrogen-bond acceptors (Lipinski definition) is 1. The molecule has 0 aliphatic carbocycles. The Morgan fingerprint density at radius 2 is 2.11 bits per heavy atom. The van der Waals surface area contributed by atoms with Gasteiger partial charge in [-0.2, -0.15) is 0 Å². The van der Waals surface area contributed by atoms with E-state index in [4.69, 9.17) is 0 Å². The van der Waals surface area contributed by atoms with Crippen LogP contribution in [0.4, 0.5) is 0 Å². The zero-order chi connectivity index (χ0) is 13.1. The third-order valence-corrected chi connectivity index (χ3v) is 2.92. The largest absolute Gasteiger partial charge is 0.346 e. The molecule has 3 rings (SSSR count). The van der Waals surface area contributed by atoms with E-state index in [1.54, 1.807) is 6.20 Å². The van der Waals surface area contributed by atoms with Crippen LogP contribution >= 0.6 is 0 Å². The maximum absolute atomic E-state index is 4.25. The molecule has 0 saturated carbocycles. The minimum Gasteiger partial charge on any atom is -0.346 e. The third-order valence-electron chi connectivity index (χ3n) is 2.92. The van der Waals surface area contributed by atoms with Crippen molar-refractivity contribution in [1.29, 1.82) is 0 Å². The van der Waals surface area contributed by atoms with Crippen LogP contribution in [0.5, 0.6) is 0 Å². The predicted molar refractivity (Wildman–Crippen MR) is 78.6 cm³/mol. The van der Waals surface area contributed by atoms with E-state index >= 15 is 0 Å². The lowest BCUT2D eigenvalue weighted by atomic mass is 10.1. The first-order chi connectivity index (χ1) is 9.36. The molecule has 2 heteroatoms. The van der Waals surface area contributed by atoms with Gasteiger partial charge in [-0.05, 0) is 29.8 Å². The van der Waals surface area contributed by atoms with Gasteiger partial charge in [0, 0.05) is 28.9 Å². The normalized spacial score (nSPS) is 9.89. The van der Waals surface area contributed by atoms with Crippen LogP contribution in [-0.2, 0) is 0 Å². The number of aromatic nitrogens is 2. The molecule has 1 aromatic carbocycles. The Balaban J connectivity index is 2.03. The van der Waals surface area contributed by atoms with Gasteiger partial charge in [0.25, 0.3) is 0 Å². The number of aromatic amines is 1.